The van der Waals surface area contributed by atoms with Crippen LogP contribution in [-0.2, 0) is 0 Å². The zero-order valence-electron chi connectivity index (χ0n) is 9.70. The predicted molar refractivity (Wildman–Crippen MR) is 74.7 cm³/mol. The van der Waals surface area contributed by atoms with Crippen LogP contribution in [-0.4, -0.2) is 24.1 Å². The molecule has 1 aliphatic rings. The third-order valence-corrected chi connectivity index (χ3v) is 4.14. The number of rotatable bonds is 2. The van der Waals surface area contributed by atoms with Crippen LogP contribution in [0.5, 0.6) is 0 Å². The third-order valence-electron chi connectivity index (χ3n) is 3.03. The molecule has 1 fully saturated rings. The first kappa shape index (κ1) is 11.9. The van der Waals surface area contributed by atoms with Crippen molar-refractivity contribution >= 4 is 34.4 Å². The van der Waals surface area contributed by atoms with E-state index in [2.05, 4.69) is 32.6 Å². The largest absolute Gasteiger partial charge is 0.383 e. The summed E-state index contributed by atoms with van der Waals surface area (Å²) >= 11 is 2.27. The topological polar surface area (TPSA) is 55.0 Å². The van der Waals surface area contributed by atoms with Crippen LogP contribution < -0.4 is 10.6 Å². The van der Waals surface area contributed by atoms with Crippen LogP contribution >= 0.6 is 22.6 Å². The highest BCUT2D eigenvalue weighted by atomic mass is 127. The molecule has 0 atom stereocenters. The molecule has 1 aromatic heterocycles. The van der Waals surface area contributed by atoms with E-state index in [-0.39, 0.29) is 0 Å². The van der Waals surface area contributed by atoms with Crippen molar-refractivity contribution in [3.8, 4) is 0 Å². The van der Waals surface area contributed by atoms with E-state index in [9.17, 15) is 0 Å². The Bertz CT molecular complexity index is 386. The summed E-state index contributed by atoms with van der Waals surface area (Å²) in [7, 11) is 3.89. The average molecular weight is 332 g/mol. The number of halogens is 1. The zero-order chi connectivity index (χ0) is 11.7. The molecule has 0 amide bonds. The van der Waals surface area contributed by atoms with Crippen LogP contribution in [0.1, 0.15) is 37.3 Å². The molecule has 0 spiro atoms. The van der Waals surface area contributed by atoms with Crippen LogP contribution in [0.2, 0.25) is 0 Å². The molecule has 0 aromatic carbocycles. The smallest absolute Gasteiger partial charge is 0.227 e. The summed E-state index contributed by atoms with van der Waals surface area (Å²) < 4.78 is 1.04. The molecule has 88 valence electrons. The number of anilines is 2. The highest BCUT2D eigenvalue weighted by Gasteiger charge is 2.23. The molecule has 2 rings (SSSR count). The number of nitrogen functional groups attached to an aromatic ring is 1. The molecule has 0 bridgehead atoms. The molecule has 5 heteroatoms. The van der Waals surface area contributed by atoms with E-state index in [0.29, 0.717) is 11.7 Å². The lowest BCUT2D eigenvalue weighted by Gasteiger charge is -2.17. The average Bonchev–Trinajstić information content (AvgIpc) is 2.74. The molecular weight excluding hydrogens is 315 g/mol. The fraction of sp³-hybridized carbons (Fsp3) is 0.636. The lowest BCUT2D eigenvalue weighted by molar-refractivity contribution is 0.688. The first-order valence-corrected chi connectivity index (χ1v) is 6.67. The Morgan fingerprint density at radius 1 is 1.25 bits per heavy atom. The highest BCUT2D eigenvalue weighted by molar-refractivity contribution is 14.1. The Morgan fingerprint density at radius 3 is 2.44 bits per heavy atom. The van der Waals surface area contributed by atoms with E-state index in [4.69, 9.17) is 5.73 Å². The minimum Gasteiger partial charge on any atom is -0.383 e. The number of aromatic nitrogens is 2. The van der Waals surface area contributed by atoms with Crippen molar-refractivity contribution < 1.29 is 0 Å². The zero-order valence-corrected chi connectivity index (χ0v) is 11.9. The second-order valence-electron chi connectivity index (χ2n) is 4.48. The van der Waals surface area contributed by atoms with E-state index >= 15 is 0 Å². The van der Waals surface area contributed by atoms with Crippen molar-refractivity contribution in [2.45, 2.75) is 31.6 Å². The van der Waals surface area contributed by atoms with Crippen molar-refractivity contribution in [2.24, 2.45) is 0 Å². The Balaban J connectivity index is 2.41. The Kier molecular flexibility index (Phi) is 3.51. The minimum atomic E-state index is 0.580. The van der Waals surface area contributed by atoms with Gasteiger partial charge in [0.05, 0.1) is 9.26 Å². The molecule has 1 saturated carbocycles. The lowest BCUT2D eigenvalue weighted by atomic mass is 10.0. The number of nitrogens with zero attached hydrogens (tertiary/aromatic N) is 3. The summed E-state index contributed by atoms with van der Waals surface area (Å²) in [6.07, 6.45) is 5.09. The van der Waals surface area contributed by atoms with Gasteiger partial charge < -0.3 is 10.6 Å². The molecule has 0 radical (unpaired) electrons. The van der Waals surface area contributed by atoms with Gasteiger partial charge in [-0.1, -0.05) is 12.8 Å². The summed E-state index contributed by atoms with van der Waals surface area (Å²) in [6, 6.07) is 0. The monoisotopic (exact) mass is 332 g/mol. The maximum absolute atomic E-state index is 5.94. The van der Waals surface area contributed by atoms with Crippen LogP contribution in [0.15, 0.2) is 0 Å². The molecule has 2 N–H and O–H groups in total. The van der Waals surface area contributed by atoms with Crippen LogP contribution in [0, 0.1) is 3.57 Å². The van der Waals surface area contributed by atoms with Gasteiger partial charge in [0.1, 0.15) is 5.82 Å². The lowest BCUT2D eigenvalue weighted by Crippen LogP contribution is -2.17. The molecule has 1 aliphatic carbocycles. The van der Waals surface area contributed by atoms with Gasteiger partial charge in [0.2, 0.25) is 5.95 Å². The molecule has 0 unspecified atom stereocenters. The van der Waals surface area contributed by atoms with Gasteiger partial charge in [-0.15, -0.1) is 0 Å². The number of hydrogen-bond acceptors (Lipinski definition) is 4. The van der Waals surface area contributed by atoms with Crippen LogP contribution in [0.25, 0.3) is 0 Å². The molecule has 1 aromatic rings. The van der Waals surface area contributed by atoms with Gasteiger partial charge in [-0.25, -0.2) is 4.98 Å². The van der Waals surface area contributed by atoms with Crippen LogP contribution in [0.4, 0.5) is 11.8 Å². The first-order chi connectivity index (χ1) is 7.59. The summed E-state index contributed by atoms with van der Waals surface area (Å²) in [4.78, 5) is 10.8. The molecule has 1 heterocycles. The van der Waals surface area contributed by atoms with E-state index < -0.39 is 0 Å². The van der Waals surface area contributed by atoms with Crippen LogP contribution in [0.3, 0.4) is 0 Å². The second-order valence-corrected chi connectivity index (χ2v) is 5.56. The normalized spacial score (nSPS) is 16.7. The van der Waals surface area contributed by atoms with Gasteiger partial charge in [-0.3, -0.25) is 0 Å². The van der Waals surface area contributed by atoms with E-state index in [1.54, 1.807) is 0 Å². The van der Waals surface area contributed by atoms with Crippen molar-refractivity contribution in [3.63, 3.8) is 0 Å². The van der Waals surface area contributed by atoms with Gasteiger partial charge >= 0.3 is 0 Å². The summed E-state index contributed by atoms with van der Waals surface area (Å²) in [5.41, 5.74) is 7.09. The fourth-order valence-electron chi connectivity index (χ4n) is 2.14. The summed E-state index contributed by atoms with van der Waals surface area (Å²) in [5.74, 6) is 1.91. The first-order valence-electron chi connectivity index (χ1n) is 5.60. The van der Waals surface area contributed by atoms with E-state index in [1.165, 1.54) is 25.7 Å². The SMILES string of the molecule is CN(C)c1nc(N)c(I)c(C2CCCC2)n1. The predicted octanol–water partition coefficient (Wildman–Crippen LogP) is 2.39. The second kappa shape index (κ2) is 4.73. The third kappa shape index (κ3) is 2.23. The van der Waals surface area contributed by atoms with Gasteiger partial charge in [0.25, 0.3) is 0 Å². The van der Waals surface area contributed by atoms with Crippen molar-refractivity contribution in [1.29, 1.82) is 0 Å². The van der Waals surface area contributed by atoms with E-state index in [1.807, 2.05) is 19.0 Å². The summed E-state index contributed by atoms with van der Waals surface area (Å²) in [5, 5.41) is 0. The van der Waals surface area contributed by atoms with Crippen molar-refractivity contribution in [2.75, 3.05) is 24.7 Å². The standard InChI is InChI=1S/C11H17IN4/c1-16(2)11-14-9(7-5-3-4-6-7)8(12)10(13)15-11/h7H,3-6H2,1-2H3,(H2,13,14,15). The maximum Gasteiger partial charge on any atom is 0.227 e. The van der Waals surface area contributed by atoms with Crippen molar-refractivity contribution in [3.05, 3.63) is 9.26 Å². The maximum atomic E-state index is 5.94. The molecule has 0 saturated heterocycles. The number of nitrogens with two attached hydrogens (primary N) is 1. The van der Waals surface area contributed by atoms with Gasteiger partial charge in [-0.2, -0.15) is 4.98 Å². The minimum absolute atomic E-state index is 0.580. The van der Waals surface area contributed by atoms with Gasteiger partial charge in [-0.05, 0) is 35.4 Å². The highest BCUT2D eigenvalue weighted by Crippen LogP contribution is 2.36. The Hall–Kier alpha value is -0.590. The molecular formula is C11H17IN4. The van der Waals surface area contributed by atoms with Gasteiger partial charge in [0.15, 0.2) is 0 Å². The fourth-order valence-corrected chi connectivity index (χ4v) is 2.82. The Morgan fingerprint density at radius 2 is 1.88 bits per heavy atom. The molecule has 0 aliphatic heterocycles. The van der Waals surface area contributed by atoms with E-state index in [0.717, 1.165) is 15.2 Å². The van der Waals surface area contributed by atoms with Gasteiger partial charge in [0, 0.05) is 20.0 Å². The Labute approximate surface area is 110 Å². The van der Waals surface area contributed by atoms with Crippen molar-refractivity contribution in [1.82, 2.24) is 9.97 Å². The molecule has 16 heavy (non-hydrogen) atoms. The quantitative estimate of drug-likeness (QED) is 0.845. The number of hydrogen-bond donors (Lipinski definition) is 1. The summed E-state index contributed by atoms with van der Waals surface area (Å²) in [6.45, 7) is 0. The molecule has 4 nitrogen and oxygen atoms in total.